The van der Waals surface area contributed by atoms with E-state index in [0.29, 0.717) is 11.2 Å². The van der Waals surface area contributed by atoms with Crippen molar-refractivity contribution in [2.75, 3.05) is 5.75 Å². The first-order chi connectivity index (χ1) is 13.3. The number of aromatic nitrogens is 4. The van der Waals surface area contributed by atoms with Gasteiger partial charge in [-0.3, -0.25) is 4.79 Å². The van der Waals surface area contributed by atoms with Gasteiger partial charge in [-0.1, -0.05) is 23.9 Å². The second-order valence-corrected chi connectivity index (χ2v) is 9.29. The van der Waals surface area contributed by atoms with Crippen LogP contribution in [0.2, 0.25) is 0 Å². The second-order valence-electron chi connectivity index (χ2n) is 6.42. The molecule has 0 saturated heterocycles. The van der Waals surface area contributed by atoms with Crippen LogP contribution in [0.15, 0.2) is 45.3 Å². The van der Waals surface area contributed by atoms with Crippen molar-refractivity contribution < 1.29 is 4.79 Å². The predicted octanol–water partition coefficient (Wildman–Crippen LogP) is 3.60. The Kier molecular flexibility index (Phi) is 4.54. The molecule has 1 amide bonds. The molecular weight excluding hydrogens is 400 g/mol. The number of carbonyl (C=O) groups is 1. The number of hydrogen-bond acceptors (Lipinski definition) is 8. The lowest BCUT2D eigenvalue weighted by atomic mass is 10.1. The highest BCUT2D eigenvalue weighted by Gasteiger charge is 2.34. The summed E-state index contributed by atoms with van der Waals surface area (Å²) < 4.78 is 1.83. The topological polar surface area (TPSA) is 76.3 Å². The van der Waals surface area contributed by atoms with Crippen molar-refractivity contribution >= 4 is 46.1 Å². The van der Waals surface area contributed by atoms with E-state index >= 15 is 0 Å². The summed E-state index contributed by atoms with van der Waals surface area (Å²) in [6.45, 7) is 0. The summed E-state index contributed by atoms with van der Waals surface area (Å²) in [5, 5.41) is 23.0. The molecule has 1 atom stereocenters. The van der Waals surface area contributed by atoms with Gasteiger partial charge in [-0.25, -0.2) is 9.69 Å². The maximum Gasteiger partial charge on any atom is 0.253 e. The maximum atomic E-state index is 13.0. The van der Waals surface area contributed by atoms with Crippen LogP contribution < -0.4 is 0 Å². The summed E-state index contributed by atoms with van der Waals surface area (Å²) in [4.78, 5) is 15.3. The monoisotopic (exact) mass is 416 g/mol. The molecule has 7 nitrogen and oxygen atoms in total. The van der Waals surface area contributed by atoms with Gasteiger partial charge in [-0.15, -0.1) is 27.8 Å². The smallest absolute Gasteiger partial charge is 0.253 e. The number of thioether (sulfide) groups is 1. The maximum absolute atomic E-state index is 13.0. The Balaban J connectivity index is 1.35. The van der Waals surface area contributed by atoms with Gasteiger partial charge in [0, 0.05) is 11.3 Å². The minimum absolute atomic E-state index is 0.0182. The van der Waals surface area contributed by atoms with E-state index in [4.69, 9.17) is 0 Å². The third-order valence-electron chi connectivity index (χ3n) is 4.52. The minimum Gasteiger partial charge on any atom is -0.272 e. The number of carbonyl (C=O) groups excluding carboxylic acids is 1. The molecule has 0 spiro atoms. The van der Waals surface area contributed by atoms with Crippen molar-refractivity contribution in [1.29, 1.82) is 0 Å². The molecule has 27 heavy (non-hydrogen) atoms. The number of rotatable bonds is 6. The highest BCUT2D eigenvalue weighted by Crippen LogP contribution is 2.38. The highest BCUT2D eigenvalue weighted by atomic mass is 32.2. The lowest BCUT2D eigenvalue weighted by Gasteiger charge is -2.20. The van der Waals surface area contributed by atoms with E-state index < -0.39 is 0 Å². The van der Waals surface area contributed by atoms with E-state index in [9.17, 15) is 4.79 Å². The molecule has 0 bridgehead atoms. The Hall–Kier alpha value is -2.04. The van der Waals surface area contributed by atoms with E-state index in [2.05, 4.69) is 32.8 Å². The van der Waals surface area contributed by atoms with Crippen LogP contribution in [-0.2, 0) is 4.79 Å². The minimum atomic E-state index is -0.0328. The third kappa shape index (κ3) is 3.44. The molecule has 1 fully saturated rings. The molecule has 1 aliphatic carbocycles. The molecule has 138 valence electrons. The fraction of sp³-hybridized carbons (Fsp3) is 0.353. The number of hydrazone groups is 1. The van der Waals surface area contributed by atoms with Gasteiger partial charge in [0.15, 0.2) is 0 Å². The van der Waals surface area contributed by atoms with Crippen LogP contribution in [0.5, 0.6) is 0 Å². The van der Waals surface area contributed by atoms with Crippen LogP contribution in [0.3, 0.4) is 0 Å². The van der Waals surface area contributed by atoms with Crippen molar-refractivity contribution in [2.45, 2.75) is 36.5 Å². The molecule has 1 saturated carbocycles. The van der Waals surface area contributed by atoms with Gasteiger partial charge in [0.05, 0.1) is 28.4 Å². The van der Waals surface area contributed by atoms with Crippen LogP contribution in [-0.4, -0.2) is 42.6 Å². The van der Waals surface area contributed by atoms with Crippen LogP contribution in [0, 0.1) is 0 Å². The number of tetrazole rings is 1. The van der Waals surface area contributed by atoms with E-state index in [-0.39, 0.29) is 17.7 Å². The van der Waals surface area contributed by atoms with Crippen molar-refractivity contribution in [1.82, 2.24) is 25.2 Å². The summed E-state index contributed by atoms with van der Waals surface area (Å²) in [7, 11) is 0. The zero-order valence-corrected chi connectivity index (χ0v) is 16.7. The normalized spacial score (nSPS) is 19.5. The third-order valence-corrected chi connectivity index (χ3v) is 7.33. The molecule has 0 N–H and O–H groups in total. The van der Waals surface area contributed by atoms with Gasteiger partial charge in [-0.05, 0) is 46.2 Å². The van der Waals surface area contributed by atoms with Crippen molar-refractivity contribution in [3.8, 4) is 0 Å². The quantitative estimate of drug-likeness (QED) is 0.574. The fourth-order valence-corrected chi connectivity index (χ4v) is 5.39. The molecule has 10 heteroatoms. The Bertz CT molecular complexity index is 961. The van der Waals surface area contributed by atoms with Gasteiger partial charge >= 0.3 is 0 Å². The summed E-state index contributed by atoms with van der Waals surface area (Å²) in [5.41, 5.74) is 0.976. The Morgan fingerprint density at radius 1 is 1.22 bits per heavy atom. The van der Waals surface area contributed by atoms with E-state index in [1.54, 1.807) is 27.7 Å². The largest absolute Gasteiger partial charge is 0.272 e. The molecule has 3 aromatic rings. The van der Waals surface area contributed by atoms with Gasteiger partial charge in [0.1, 0.15) is 0 Å². The molecular formula is C17H16N6OS3. The number of amides is 1. The van der Waals surface area contributed by atoms with Crippen LogP contribution in [0.25, 0.3) is 0 Å². The molecule has 3 aromatic heterocycles. The molecule has 0 radical (unpaired) electrons. The first-order valence-electron chi connectivity index (χ1n) is 8.67. The SMILES string of the molecule is O=C(CSc1nnnn1C1CC1)N1N=C(c2cccs2)C[C@@H]1c1cccs1. The van der Waals surface area contributed by atoms with Crippen molar-refractivity contribution in [3.63, 3.8) is 0 Å². The lowest BCUT2D eigenvalue weighted by Crippen LogP contribution is -2.28. The predicted molar refractivity (Wildman–Crippen MR) is 106 cm³/mol. The Morgan fingerprint density at radius 3 is 2.81 bits per heavy atom. The zero-order valence-electron chi connectivity index (χ0n) is 14.3. The molecule has 0 unspecified atom stereocenters. The molecule has 1 aliphatic heterocycles. The van der Waals surface area contributed by atoms with Crippen LogP contribution >= 0.6 is 34.4 Å². The summed E-state index contributed by atoms with van der Waals surface area (Å²) in [6.07, 6.45) is 2.96. The van der Waals surface area contributed by atoms with Crippen molar-refractivity contribution in [3.05, 3.63) is 44.8 Å². The number of nitrogens with zero attached hydrogens (tertiary/aromatic N) is 6. The average molecular weight is 417 g/mol. The lowest BCUT2D eigenvalue weighted by molar-refractivity contribution is -0.130. The number of hydrogen-bond donors (Lipinski definition) is 0. The van der Waals surface area contributed by atoms with Crippen LogP contribution in [0.4, 0.5) is 0 Å². The zero-order chi connectivity index (χ0) is 18.2. The summed E-state index contributed by atoms with van der Waals surface area (Å²) >= 11 is 4.71. The van der Waals surface area contributed by atoms with Gasteiger partial charge in [0.2, 0.25) is 5.16 Å². The van der Waals surface area contributed by atoms with E-state index in [1.165, 1.54) is 11.8 Å². The summed E-state index contributed by atoms with van der Waals surface area (Å²) in [5.74, 6) is 0.256. The Labute approximate surface area is 168 Å². The molecule has 2 aliphatic rings. The Morgan fingerprint density at radius 2 is 2.07 bits per heavy atom. The van der Waals surface area contributed by atoms with Gasteiger partial charge in [0.25, 0.3) is 5.91 Å². The molecule has 4 heterocycles. The molecule has 0 aromatic carbocycles. The van der Waals surface area contributed by atoms with E-state index in [1.807, 2.05) is 27.6 Å². The van der Waals surface area contributed by atoms with Crippen LogP contribution in [0.1, 0.15) is 41.1 Å². The average Bonchev–Trinajstić information content (AvgIpc) is 3.22. The fourth-order valence-electron chi connectivity index (χ4n) is 3.06. The van der Waals surface area contributed by atoms with Crippen molar-refractivity contribution in [2.24, 2.45) is 5.10 Å². The standard InChI is InChI=1S/C17H16N6OS3/c24-16(10-27-17-18-20-21-22(17)11-5-6-11)23-13(15-4-2-8-26-15)9-12(19-23)14-3-1-7-25-14/h1-4,7-8,11,13H,5-6,9-10H2/t13-/m1/s1. The first-order valence-corrected chi connectivity index (χ1v) is 11.4. The first kappa shape index (κ1) is 17.1. The second kappa shape index (κ2) is 7.17. The van der Waals surface area contributed by atoms with E-state index in [0.717, 1.165) is 34.7 Å². The number of thiophene rings is 2. The highest BCUT2D eigenvalue weighted by molar-refractivity contribution is 7.99. The summed E-state index contributed by atoms with van der Waals surface area (Å²) in [6, 6.07) is 8.52. The molecule has 5 rings (SSSR count). The van der Waals surface area contributed by atoms with Gasteiger partial charge < -0.3 is 0 Å². The van der Waals surface area contributed by atoms with Gasteiger partial charge in [-0.2, -0.15) is 5.10 Å².